The topological polar surface area (TPSA) is 74.5 Å². The molecule has 136 valence electrons. The molecule has 1 unspecified atom stereocenters. The van der Waals surface area contributed by atoms with Crippen LogP contribution in [0.25, 0.3) is 0 Å². The number of benzene rings is 2. The van der Waals surface area contributed by atoms with Gasteiger partial charge in [-0.1, -0.05) is 39.3 Å². The van der Waals surface area contributed by atoms with Crippen molar-refractivity contribution in [3.8, 4) is 5.75 Å². The maximum absolute atomic E-state index is 12.3. The van der Waals surface area contributed by atoms with Gasteiger partial charge < -0.3 is 14.0 Å². The van der Waals surface area contributed by atoms with Gasteiger partial charge in [-0.2, -0.15) is 4.98 Å². The first-order valence-electron chi connectivity index (χ1n) is 8.72. The number of fused-ring (bicyclic) bond motifs is 2. The molecule has 0 saturated carbocycles. The van der Waals surface area contributed by atoms with Gasteiger partial charge in [0.1, 0.15) is 5.75 Å². The van der Waals surface area contributed by atoms with Crippen molar-refractivity contribution >= 4 is 21.9 Å². The molecule has 7 heteroatoms. The number of hydrogen-bond acceptors (Lipinski definition) is 6. The van der Waals surface area contributed by atoms with Crippen molar-refractivity contribution in [2.24, 2.45) is 0 Å². The molecule has 5 rings (SSSR count). The van der Waals surface area contributed by atoms with E-state index in [2.05, 4.69) is 32.1 Å². The summed E-state index contributed by atoms with van der Waals surface area (Å²) >= 11 is 3.37. The van der Waals surface area contributed by atoms with Crippen LogP contribution in [0.4, 0.5) is 0 Å². The summed E-state index contributed by atoms with van der Waals surface area (Å²) in [5.74, 6) is 1.48. The number of ether oxygens (including phenoxy) is 2. The molecular formula is C20H15BrN2O4. The van der Waals surface area contributed by atoms with Gasteiger partial charge in [0.25, 0.3) is 5.89 Å². The molecule has 3 heterocycles. The Hall–Kier alpha value is -2.67. The summed E-state index contributed by atoms with van der Waals surface area (Å²) in [6.07, 6.45) is 1.45. The van der Waals surface area contributed by atoms with Gasteiger partial charge in [-0.05, 0) is 34.9 Å². The minimum atomic E-state index is -0.555. The van der Waals surface area contributed by atoms with Gasteiger partial charge in [0.05, 0.1) is 12.2 Å². The van der Waals surface area contributed by atoms with E-state index in [0.29, 0.717) is 30.1 Å². The zero-order valence-electron chi connectivity index (χ0n) is 14.3. The lowest BCUT2D eigenvalue weighted by Gasteiger charge is -2.22. The maximum atomic E-state index is 12.3. The summed E-state index contributed by atoms with van der Waals surface area (Å²) in [4.78, 5) is 16.7. The van der Waals surface area contributed by atoms with Crippen molar-refractivity contribution in [1.29, 1.82) is 0 Å². The summed E-state index contributed by atoms with van der Waals surface area (Å²) in [6.45, 7) is 0.732. The molecule has 1 aromatic heterocycles. The molecule has 6 nitrogen and oxygen atoms in total. The van der Waals surface area contributed by atoms with Crippen molar-refractivity contribution in [3.05, 3.63) is 74.8 Å². The van der Waals surface area contributed by atoms with E-state index >= 15 is 0 Å². The molecule has 0 bridgehead atoms. The Balaban J connectivity index is 1.35. The van der Waals surface area contributed by atoms with E-state index in [1.807, 2.05) is 24.3 Å². The smallest absolute Gasteiger partial charge is 0.339 e. The van der Waals surface area contributed by atoms with Gasteiger partial charge in [0, 0.05) is 23.7 Å². The van der Waals surface area contributed by atoms with Gasteiger partial charge in [-0.15, -0.1) is 0 Å². The van der Waals surface area contributed by atoms with E-state index in [1.165, 1.54) is 5.56 Å². The number of halogens is 1. The molecule has 0 radical (unpaired) electrons. The van der Waals surface area contributed by atoms with Crippen molar-refractivity contribution < 1.29 is 18.8 Å². The number of esters is 1. The molecule has 1 atom stereocenters. The summed E-state index contributed by atoms with van der Waals surface area (Å²) in [5, 5.41) is 4.06. The zero-order chi connectivity index (χ0) is 18.4. The highest BCUT2D eigenvalue weighted by molar-refractivity contribution is 9.10. The summed E-state index contributed by atoms with van der Waals surface area (Å²) < 4.78 is 17.3. The second kappa shape index (κ2) is 6.49. The molecule has 0 N–H and O–H groups in total. The minimum Gasteiger partial charge on any atom is -0.493 e. The van der Waals surface area contributed by atoms with Gasteiger partial charge in [-0.3, -0.25) is 0 Å². The van der Waals surface area contributed by atoms with Crippen LogP contribution in [0.2, 0.25) is 0 Å². The number of hydrogen-bond donors (Lipinski definition) is 0. The minimum absolute atomic E-state index is 0.330. The highest BCUT2D eigenvalue weighted by Gasteiger charge is 2.31. The van der Waals surface area contributed by atoms with Crippen LogP contribution >= 0.6 is 15.9 Å². The van der Waals surface area contributed by atoms with Gasteiger partial charge >= 0.3 is 5.97 Å². The molecule has 27 heavy (non-hydrogen) atoms. The van der Waals surface area contributed by atoms with E-state index in [0.717, 1.165) is 34.4 Å². The molecule has 2 aliphatic rings. The quantitative estimate of drug-likeness (QED) is 0.592. The predicted octanol–water partition coefficient (Wildman–Crippen LogP) is 3.81. The van der Waals surface area contributed by atoms with Crippen LogP contribution in [0, 0.1) is 0 Å². The molecule has 2 aromatic carbocycles. The van der Waals surface area contributed by atoms with E-state index in [9.17, 15) is 4.79 Å². The van der Waals surface area contributed by atoms with Crippen molar-refractivity contribution in [1.82, 2.24) is 10.1 Å². The summed E-state index contributed by atoms with van der Waals surface area (Å²) in [5.41, 5.74) is 3.79. The Kier molecular flexibility index (Phi) is 3.97. The van der Waals surface area contributed by atoms with Crippen LogP contribution in [0.5, 0.6) is 5.75 Å². The van der Waals surface area contributed by atoms with Crippen molar-refractivity contribution in [3.63, 3.8) is 0 Å². The van der Waals surface area contributed by atoms with E-state index < -0.39 is 6.10 Å². The number of cyclic esters (lactones) is 1. The van der Waals surface area contributed by atoms with E-state index in [1.54, 1.807) is 6.07 Å². The van der Waals surface area contributed by atoms with E-state index in [-0.39, 0.29) is 5.97 Å². The fourth-order valence-electron chi connectivity index (χ4n) is 3.49. The lowest BCUT2D eigenvalue weighted by molar-refractivity contribution is 0.0168. The first-order chi connectivity index (χ1) is 13.2. The summed E-state index contributed by atoms with van der Waals surface area (Å²) in [6, 6.07) is 11.7. The third-order valence-corrected chi connectivity index (χ3v) is 5.32. The number of nitrogens with zero attached hydrogens (tertiary/aromatic N) is 2. The third-order valence-electron chi connectivity index (χ3n) is 4.82. The highest BCUT2D eigenvalue weighted by atomic mass is 79.9. The van der Waals surface area contributed by atoms with Crippen LogP contribution in [-0.4, -0.2) is 22.7 Å². The average Bonchev–Trinajstić information content (AvgIpc) is 3.31. The van der Waals surface area contributed by atoms with E-state index in [4.69, 9.17) is 14.0 Å². The fourth-order valence-corrected chi connectivity index (χ4v) is 3.85. The molecule has 0 spiro atoms. The van der Waals surface area contributed by atoms with Crippen LogP contribution in [-0.2, 0) is 24.0 Å². The van der Waals surface area contributed by atoms with Gasteiger partial charge in [-0.25, -0.2) is 4.79 Å². The Bertz CT molecular complexity index is 1050. The van der Waals surface area contributed by atoms with Crippen LogP contribution in [0.15, 0.2) is 45.4 Å². The number of carbonyl (C=O) groups excluding carboxylic acids is 1. The Morgan fingerprint density at radius 1 is 1.15 bits per heavy atom. The largest absolute Gasteiger partial charge is 0.493 e. The SMILES string of the molecule is O=C1OC(c2nc(Cc3ccc4c(c3)CCO4)no2)Cc2ccc(Br)cc21. The maximum Gasteiger partial charge on any atom is 0.339 e. The number of aromatic nitrogens is 2. The Morgan fingerprint density at radius 3 is 3.00 bits per heavy atom. The van der Waals surface area contributed by atoms with Gasteiger partial charge in [0.2, 0.25) is 0 Å². The Morgan fingerprint density at radius 2 is 2.07 bits per heavy atom. The first kappa shape index (κ1) is 16.5. The number of rotatable bonds is 3. The summed E-state index contributed by atoms with van der Waals surface area (Å²) in [7, 11) is 0. The molecule has 2 aliphatic heterocycles. The van der Waals surface area contributed by atoms with Crippen LogP contribution in [0.1, 0.15) is 44.9 Å². The molecular weight excluding hydrogens is 412 g/mol. The van der Waals surface area contributed by atoms with Crippen molar-refractivity contribution in [2.75, 3.05) is 6.61 Å². The molecule has 0 aliphatic carbocycles. The first-order valence-corrected chi connectivity index (χ1v) is 9.51. The second-order valence-corrected chi connectivity index (χ2v) is 7.58. The fraction of sp³-hybridized carbons (Fsp3) is 0.250. The monoisotopic (exact) mass is 426 g/mol. The molecule has 0 amide bonds. The number of carbonyl (C=O) groups is 1. The van der Waals surface area contributed by atoms with Gasteiger partial charge in [0.15, 0.2) is 11.9 Å². The predicted molar refractivity (Wildman–Crippen MR) is 98.7 cm³/mol. The molecule has 0 saturated heterocycles. The second-order valence-electron chi connectivity index (χ2n) is 6.67. The van der Waals surface area contributed by atoms with Crippen molar-refractivity contribution in [2.45, 2.75) is 25.4 Å². The average molecular weight is 427 g/mol. The van der Waals surface area contributed by atoms with Crippen LogP contribution < -0.4 is 4.74 Å². The third kappa shape index (κ3) is 3.12. The Labute approximate surface area is 163 Å². The standard InChI is InChI=1S/C20H15BrN2O4/c21-14-3-2-12-9-17(26-20(24)15(12)10-14)19-22-18(23-27-19)8-11-1-4-16-13(7-11)5-6-25-16/h1-4,7,10,17H,5-6,8-9H2. The normalized spacial score (nSPS) is 17.8. The zero-order valence-corrected chi connectivity index (χ0v) is 15.9. The molecule has 0 fully saturated rings. The molecule has 3 aromatic rings. The lowest BCUT2D eigenvalue weighted by Crippen LogP contribution is -2.22. The van der Waals surface area contributed by atoms with Crippen LogP contribution in [0.3, 0.4) is 0 Å². The highest BCUT2D eigenvalue weighted by Crippen LogP contribution is 2.32. The lowest BCUT2D eigenvalue weighted by atomic mass is 9.98.